The minimum absolute atomic E-state index is 0.0939. The first kappa shape index (κ1) is 19.1. The van der Waals surface area contributed by atoms with Gasteiger partial charge in [-0.2, -0.15) is 0 Å². The van der Waals surface area contributed by atoms with Crippen LogP contribution in [0.2, 0.25) is 0 Å². The summed E-state index contributed by atoms with van der Waals surface area (Å²) in [4.78, 5) is 31.6. The van der Waals surface area contributed by atoms with E-state index in [0.29, 0.717) is 5.69 Å². The molecule has 0 unspecified atom stereocenters. The fourth-order valence-corrected chi connectivity index (χ4v) is 3.37. The molecule has 5 nitrogen and oxygen atoms in total. The molecule has 5 heteroatoms. The molecule has 1 fully saturated rings. The summed E-state index contributed by atoms with van der Waals surface area (Å²) in [6, 6.07) is 12.8. The van der Waals surface area contributed by atoms with Crippen molar-refractivity contribution in [3.05, 3.63) is 59.4 Å². The zero-order chi connectivity index (χ0) is 19.4. The SMILES string of the molecule is CC(C)(C)c1ccccc1NC(=O)c1cccc(C(=O)N2CCCCC2)n1. The normalized spacial score (nSPS) is 14.7. The second-order valence-corrected chi connectivity index (χ2v) is 8.01. The second-order valence-electron chi connectivity index (χ2n) is 8.01. The van der Waals surface area contributed by atoms with Crippen LogP contribution in [0, 0.1) is 0 Å². The third kappa shape index (κ3) is 4.54. The Hall–Kier alpha value is -2.69. The minimum atomic E-state index is -0.306. The lowest BCUT2D eigenvalue weighted by Gasteiger charge is -2.26. The Kier molecular flexibility index (Phi) is 5.59. The molecule has 2 heterocycles. The van der Waals surface area contributed by atoms with Gasteiger partial charge in [0.05, 0.1) is 0 Å². The van der Waals surface area contributed by atoms with Gasteiger partial charge >= 0.3 is 0 Å². The molecular weight excluding hydrogens is 338 g/mol. The largest absolute Gasteiger partial charge is 0.337 e. The van der Waals surface area contributed by atoms with Crippen LogP contribution < -0.4 is 5.32 Å². The molecule has 2 amide bonds. The monoisotopic (exact) mass is 365 g/mol. The number of hydrogen-bond donors (Lipinski definition) is 1. The lowest BCUT2D eigenvalue weighted by molar-refractivity contribution is 0.0718. The van der Waals surface area contributed by atoms with E-state index in [1.807, 2.05) is 29.2 Å². The van der Waals surface area contributed by atoms with E-state index in [9.17, 15) is 9.59 Å². The van der Waals surface area contributed by atoms with Crippen molar-refractivity contribution in [2.45, 2.75) is 45.4 Å². The van der Waals surface area contributed by atoms with E-state index in [2.05, 4.69) is 31.1 Å². The summed E-state index contributed by atoms with van der Waals surface area (Å²) in [6.45, 7) is 7.84. The van der Waals surface area contributed by atoms with E-state index in [-0.39, 0.29) is 22.9 Å². The fourth-order valence-electron chi connectivity index (χ4n) is 3.37. The summed E-state index contributed by atoms with van der Waals surface area (Å²) in [7, 11) is 0. The molecule has 0 atom stereocenters. The predicted molar refractivity (Wildman–Crippen MR) is 107 cm³/mol. The van der Waals surface area contributed by atoms with Gasteiger partial charge < -0.3 is 10.2 Å². The van der Waals surface area contributed by atoms with Gasteiger partial charge in [0.15, 0.2) is 0 Å². The first-order valence-electron chi connectivity index (χ1n) is 9.53. The van der Waals surface area contributed by atoms with Crippen LogP contribution in [0.25, 0.3) is 0 Å². The fraction of sp³-hybridized carbons (Fsp3) is 0.409. The van der Waals surface area contributed by atoms with Gasteiger partial charge in [0.1, 0.15) is 11.4 Å². The Morgan fingerprint density at radius 1 is 0.926 bits per heavy atom. The van der Waals surface area contributed by atoms with Crippen LogP contribution in [0.1, 0.15) is 66.6 Å². The Morgan fingerprint density at radius 2 is 1.59 bits per heavy atom. The Morgan fingerprint density at radius 3 is 2.30 bits per heavy atom. The van der Waals surface area contributed by atoms with Gasteiger partial charge in [-0.1, -0.05) is 45.0 Å². The van der Waals surface area contributed by atoms with Crippen LogP contribution in [0.5, 0.6) is 0 Å². The highest BCUT2D eigenvalue weighted by Crippen LogP contribution is 2.29. The standard InChI is InChI=1S/C22H27N3O2/c1-22(2,3)16-10-5-6-11-17(16)24-20(26)18-12-9-13-19(23-18)21(27)25-14-7-4-8-15-25/h5-6,9-13H,4,7-8,14-15H2,1-3H3,(H,24,26). The van der Waals surface area contributed by atoms with Crippen LogP contribution in [-0.2, 0) is 5.41 Å². The molecule has 1 aromatic heterocycles. The molecule has 0 bridgehead atoms. The maximum Gasteiger partial charge on any atom is 0.274 e. The summed E-state index contributed by atoms with van der Waals surface area (Å²) in [5, 5.41) is 2.95. The van der Waals surface area contributed by atoms with Crippen molar-refractivity contribution in [3.63, 3.8) is 0 Å². The lowest BCUT2D eigenvalue weighted by Crippen LogP contribution is -2.36. The van der Waals surface area contributed by atoms with Gasteiger partial charge in [-0.3, -0.25) is 9.59 Å². The van der Waals surface area contributed by atoms with E-state index in [1.54, 1.807) is 18.2 Å². The Labute approximate surface area is 160 Å². The van der Waals surface area contributed by atoms with Gasteiger partial charge in [0.2, 0.25) is 0 Å². The van der Waals surface area contributed by atoms with Crippen LogP contribution in [-0.4, -0.2) is 34.8 Å². The van der Waals surface area contributed by atoms with E-state index < -0.39 is 0 Å². The average Bonchev–Trinajstić information content (AvgIpc) is 2.68. The maximum absolute atomic E-state index is 12.7. The number of carbonyl (C=O) groups excluding carboxylic acids is 2. The number of benzene rings is 1. The number of carbonyl (C=O) groups is 2. The number of anilines is 1. The first-order valence-corrected chi connectivity index (χ1v) is 9.53. The van der Waals surface area contributed by atoms with Crippen LogP contribution in [0.15, 0.2) is 42.5 Å². The van der Waals surface area contributed by atoms with Crippen molar-refractivity contribution in [2.75, 3.05) is 18.4 Å². The Balaban J connectivity index is 1.79. The number of amides is 2. The summed E-state index contributed by atoms with van der Waals surface area (Å²) in [5.74, 6) is -0.403. The van der Waals surface area contributed by atoms with Gasteiger partial charge in [-0.15, -0.1) is 0 Å². The van der Waals surface area contributed by atoms with Crippen molar-refractivity contribution >= 4 is 17.5 Å². The zero-order valence-corrected chi connectivity index (χ0v) is 16.3. The van der Waals surface area contributed by atoms with E-state index >= 15 is 0 Å². The van der Waals surface area contributed by atoms with Crippen molar-refractivity contribution in [3.8, 4) is 0 Å². The van der Waals surface area contributed by atoms with E-state index in [1.165, 1.54) is 0 Å². The third-order valence-corrected chi connectivity index (χ3v) is 4.83. The second kappa shape index (κ2) is 7.91. The van der Waals surface area contributed by atoms with Gasteiger partial charge in [0.25, 0.3) is 11.8 Å². The minimum Gasteiger partial charge on any atom is -0.337 e. The smallest absolute Gasteiger partial charge is 0.274 e. The number of rotatable bonds is 3. The quantitative estimate of drug-likeness (QED) is 0.884. The molecule has 1 aliphatic heterocycles. The molecule has 0 saturated carbocycles. The molecule has 1 N–H and O–H groups in total. The number of nitrogens with one attached hydrogen (secondary N) is 1. The molecule has 1 aliphatic rings. The molecule has 1 saturated heterocycles. The lowest BCUT2D eigenvalue weighted by atomic mass is 9.86. The topological polar surface area (TPSA) is 62.3 Å². The average molecular weight is 365 g/mol. The van der Waals surface area contributed by atoms with Crippen molar-refractivity contribution in [2.24, 2.45) is 0 Å². The van der Waals surface area contributed by atoms with Gasteiger partial charge in [0, 0.05) is 18.8 Å². The number of nitrogens with zero attached hydrogens (tertiary/aromatic N) is 2. The summed E-state index contributed by atoms with van der Waals surface area (Å²) < 4.78 is 0. The summed E-state index contributed by atoms with van der Waals surface area (Å²) in [6.07, 6.45) is 3.21. The summed E-state index contributed by atoms with van der Waals surface area (Å²) in [5.41, 5.74) is 2.31. The summed E-state index contributed by atoms with van der Waals surface area (Å²) >= 11 is 0. The molecule has 27 heavy (non-hydrogen) atoms. The highest BCUT2D eigenvalue weighted by molar-refractivity contribution is 6.04. The number of para-hydroxylation sites is 1. The van der Waals surface area contributed by atoms with Crippen LogP contribution in [0.3, 0.4) is 0 Å². The third-order valence-electron chi connectivity index (χ3n) is 4.83. The van der Waals surface area contributed by atoms with Crippen LogP contribution in [0.4, 0.5) is 5.69 Å². The number of hydrogen-bond acceptors (Lipinski definition) is 3. The van der Waals surface area contributed by atoms with Crippen molar-refractivity contribution in [1.82, 2.24) is 9.88 Å². The Bertz CT molecular complexity index is 833. The molecule has 0 aliphatic carbocycles. The molecule has 1 aromatic carbocycles. The highest BCUT2D eigenvalue weighted by atomic mass is 16.2. The molecule has 0 radical (unpaired) electrons. The van der Waals surface area contributed by atoms with Gasteiger partial charge in [-0.25, -0.2) is 4.98 Å². The van der Waals surface area contributed by atoms with Gasteiger partial charge in [-0.05, 0) is 48.4 Å². The van der Waals surface area contributed by atoms with E-state index in [0.717, 1.165) is 43.6 Å². The van der Waals surface area contributed by atoms with Crippen LogP contribution >= 0.6 is 0 Å². The molecule has 2 aromatic rings. The predicted octanol–water partition coefficient (Wildman–Crippen LogP) is 4.26. The van der Waals surface area contributed by atoms with E-state index in [4.69, 9.17) is 0 Å². The maximum atomic E-state index is 12.7. The molecule has 0 spiro atoms. The number of aromatic nitrogens is 1. The van der Waals surface area contributed by atoms with Crippen molar-refractivity contribution < 1.29 is 9.59 Å². The van der Waals surface area contributed by atoms with Crippen molar-refractivity contribution in [1.29, 1.82) is 0 Å². The highest BCUT2D eigenvalue weighted by Gasteiger charge is 2.22. The number of piperidine rings is 1. The number of likely N-dealkylation sites (tertiary alicyclic amines) is 1. The molecule has 3 rings (SSSR count). The molecule has 142 valence electrons. The first-order chi connectivity index (χ1) is 12.9. The number of pyridine rings is 1. The molecular formula is C22H27N3O2. The zero-order valence-electron chi connectivity index (χ0n) is 16.3.